The van der Waals surface area contributed by atoms with Crippen LogP contribution in [0.15, 0.2) is 48.5 Å². The quantitative estimate of drug-likeness (QED) is 0.724. The fourth-order valence-corrected chi connectivity index (χ4v) is 2.22. The van der Waals surface area contributed by atoms with Crippen molar-refractivity contribution in [3.63, 3.8) is 0 Å². The molecule has 0 aromatic heterocycles. The maximum atomic E-state index is 12.0. The van der Waals surface area contributed by atoms with E-state index in [1.807, 2.05) is 38.1 Å². The molecule has 6 heteroatoms. The van der Waals surface area contributed by atoms with E-state index in [2.05, 4.69) is 16.0 Å². The van der Waals surface area contributed by atoms with E-state index in [0.29, 0.717) is 24.5 Å². The van der Waals surface area contributed by atoms with Crippen LogP contribution < -0.4 is 20.7 Å². The van der Waals surface area contributed by atoms with Crippen molar-refractivity contribution in [3.05, 3.63) is 59.7 Å². The monoisotopic (exact) mass is 341 g/mol. The molecule has 0 radical (unpaired) electrons. The number of hydrogen-bond acceptors (Lipinski definition) is 3. The van der Waals surface area contributed by atoms with Gasteiger partial charge in [-0.3, -0.25) is 4.79 Å². The third-order valence-corrected chi connectivity index (χ3v) is 3.54. The summed E-state index contributed by atoms with van der Waals surface area (Å²) in [7, 11) is 0. The van der Waals surface area contributed by atoms with Gasteiger partial charge in [-0.2, -0.15) is 0 Å². The molecule has 0 saturated heterocycles. The van der Waals surface area contributed by atoms with Crippen molar-refractivity contribution >= 4 is 17.6 Å². The Bertz CT molecular complexity index is 731. The summed E-state index contributed by atoms with van der Waals surface area (Å²) in [5.74, 6) is 0.333. The highest BCUT2D eigenvalue weighted by atomic mass is 16.5. The normalized spacial score (nSPS) is 10.0. The second-order valence-electron chi connectivity index (χ2n) is 5.50. The molecule has 132 valence electrons. The Morgan fingerprint density at radius 2 is 1.84 bits per heavy atom. The van der Waals surface area contributed by atoms with Crippen LogP contribution in [0.4, 0.5) is 10.5 Å². The first-order valence-electron chi connectivity index (χ1n) is 8.17. The number of urea groups is 1. The Morgan fingerprint density at radius 3 is 2.60 bits per heavy atom. The number of nitrogens with one attached hydrogen (secondary N) is 3. The molecule has 0 bridgehead atoms. The van der Waals surface area contributed by atoms with Gasteiger partial charge in [-0.1, -0.05) is 30.3 Å². The Labute approximate surface area is 147 Å². The highest BCUT2D eigenvalue weighted by Gasteiger charge is 2.05. The lowest BCUT2D eigenvalue weighted by molar-refractivity contribution is -0.122. The van der Waals surface area contributed by atoms with E-state index in [4.69, 9.17) is 4.74 Å². The zero-order valence-corrected chi connectivity index (χ0v) is 14.5. The van der Waals surface area contributed by atoms with E-state index in [0.717, 1.165) is 11.1 Å². The maximum absolute atomic E-state index is 12.0. The average Bonchev–Trinajstić information content (AvgIpc) is 2.60. The molecule has 0 fully saturated rings. The van der Waals surface area contributed by atoms with Crippen LogP contribution in [0.25, 0.3) is 0 Å². The van der Waals surface area contributed by atoms with Crippen molar-refractivity contribution < 1.29 is 14.3 Å². The van der Waals surface area contributed by atoms with E-state index >= 15 is 0 Å². The van der Waals surface area contributed by atoms with Crippen LogP contribution in [0.5, 0.6) is 5.75 Å². The van der Waals surface area contributed by atoms with Crippen molar-refractivity contribution in [1.82, 2.24) is 10.6 Å². The minimum atomic E-state index is -0.302. The number of likely N-dealkylation sites (N-methyl/N-ethyl adjacent to an activating group) is 1. The van der Waals surface area contributed by atoms with Crippen molar-refractivity contribution in [2.45, 2.75) is 20.4 Å². The summed E-state index contributed by atoms with van der Waals surface area (Å²) >= 11 is 0. The minimum absolute atomic E-state index is 0.0588. The second-order valence-corrected chi connectivity index (χ2v) is 5.50. The SMILES string of the molecule is CCNC(=O)COc1cccc(NC(=O)NCc2ccccc2C)c1. The fourth-order valence-electron chi connectivity index (χ4n) is 2.22. The van der Waals surface area contributed by atoms with E-state index in [1.165, 1.54) is 0 Å². The molecule has 0 aliphatic carbocycles. The first kappa shape index (κ1) is 18.3. The molecular weight excluding hydrogens is 318 g/mol. The third-order valence-electron chi connectivity index (χ3n) is 3.54. The first-order valence-corrected chi connectivity index (χ1v) is 8.17. The molecule has 6 nitrogen and oxygen atoms in total. The zero-order valence-electron chi connectivity index (χ0n) is 14.5. The van der Waals surface area contributed by atoms with Crippen LogP contribution in [-0.2, 0) is 11.3 Å². The van der Waals surface area contributed by atoms with Gasteiger partial charge in [-0.05, 0) is 37.1 Å². The van der Waals surface area contributed by atoms with Crippen molar-refractivity contribution in [1.29, 1.82) is 0 Å². The maximum Gasteiger partial charge on any atom is 0.319 e. The van der Waals surface area contributed by atoms with Crippen molar-refractivity contribution in [2.75, 3.05) is 18.5 Å². The molecule has 0 unspecified atom stereocenters. The smallest absolute Gasteiger partial charge is 0.319 e. The second kappa shape index (κ2) is 9.32. The van der Waals surface area contributed by atoms with Gasteiger partial charge >= 0.3 is 6.03 Å². The Kier molecular flexibility index (Phi) is 6.83. The van der Waals surface area contributed by atoms with Crippen molar-refractivity contribution in [2.24, 2.45) is 0 Å². The highest BCUT2D eigenvalue weighted by Crippen LogP contribution is 2.17. The van der Waals surface area contributed by atoms with Gasteiger partial charge in [0.2, 0.25) is 0 Å². The summed E-state index contributed by atoms with van der Waals surface area (Å²) in [4.78, 5) is 23.4. The van der Waals surface area contributed by atoms with Gasteiger partial charge in [0, 0.05) is 24.8 Å². The van der Waals surface area contributed by atoms with Gasteiger partial charge in [0.1, 0.15) is 5.75 Å². The lowest BCUT2D eigenvalue weighted by atomic mass is 10.1. The number of carbonyl (C=O) groups is 2. The predicted molar refractivity (Wildman–Crippen MR) is 97.7 cm³/mol. The number of ether oxygens (including phenoxy) is 1. The molecule has 3 amide bonds. The van der Waals surface area contributed by atoms with Crippen LogP contribution in [0.1, 0.15) is 18.1 Å². The van der Waals surface area contributed by atoms with E-state index < -0.39 is 0 Å². The largest absolute Gasteiger partial charge is 0.484 e. The predicted octanol–water partition coefficient (Wildman–Crippen LogP) is 2.83. The van der Waals surface area contributed by atoms with Crippen LogP contribution >= 0.6 is 0 Å². The summed E-state index contributed by atoms with van der Waals surface area (Å²) in [6.07, 6.45) is 0. The van der Waals surface area contributed by atoms with Crippen molar-refractivity contribution in [3.8, 4) is 5.75 Å². The molecule has 0 aliphatic heterocycles. The number of amides is 3. The Hall–Kier alpha value is -3.02. The van der Waals surface area contributed by atoms with E-state index in [-0.39, 0.29) is 18.5 Å². The molecular formula is C19H23N3O3. The number of carbonyl (C=O) groups excluding carboxylic acids is 2. The van der Waals surface area contributed by atoms with Gasteiger partial charge < -0.3 is 20.7 Å². The molecule has 3 N–H and O–H groups in total. The summed E-state index contributed by atoms with van der Waals surface area (Å²) in [6, 6.07) is 14.5. The van der Waals surface area contributed by atoms with Gasteiger partial charge in [-0.25, -0.2) is 4.79 Å². The Balaban J connectivity index is 1.85. The number of aryl methyl sites for hydroxylation is 1. The molecule has 0 atom stereocenters. The molecule has 25 heavy (non-hydrogen) atoms. The summed E-state index contributed by atoms with van der Waals surface area (Å²) in [6.45, 7) is 4.80. The number of benzene rings is 2. The topological polar surface area (TPSA) is 79.5 Å². The lowest BCUT2D eigenvalue weighted by Crippen LogP contribution is -2.29. The number of hydrogen-bond donors (Lipinski definition) is 3. The van der Waals surface area contributed by atoms with Gasteiger partial charge in [-0.15, -0.1) is 0 Å². The van der Waals surface area contributed by atoms with Gasteiger partial charge in [0.05, 0.1) is 0 Å². The van der Waals surface area contributed by atoms with Crippen LogP contribution in [0.3, 0.4) is 0 Å². The molecule has 0 heterocycles. The first-order chi connectivity index (χ1) is 12.1. The Morgan fingerprint density at radius 1 is 1.04 bits per heavy atom. The molecule has 2 aromatic carbocycles. The highest BCUT2D eigenvalue weighted by molar-refractivity contribution is 5.89. The zero-order chi connectivity index (χ0) is 18.1. The van der Waals surface area contributed by atoms with Gasteiger partial charge in [0.15, 0.2) is 6.61 Å². The van der Waals surface area contributed by atoms with Gasteiger partial charge in [0.25, 0.3) is 5.91 Å². The fraction of sp³-hybridized carbons (Fsp3) is 0.263. The summed E-state index contributed by atoms with van der Waals surface area (Å²) in [5, 5.41) is 8.23. The van der Waals surface area contributed by atoms with Crippen LogP contribution in [0, 0.1) is 6.92 Å². The van der Waals surface area contributed by atoms with E-state index in [9.17, 15) is 9.59 Å². The van der Waals surface area contributed by atoms with Crippen LogP contribution in [-0.4, -0.2) is 25.1 Å². The molecule has 2 rings (SSSR count). The molecule has 0 spiro atoms. The molecule has 0 saturated carbocycles. The summed E-state index contributed by atoms with van der Waals surface area (Å²) in [5.41, 5.74) is 2.79. The number of anilines is 1. The average molecular weight is 341 g/mol. The lowest BCUT2D eigenvalue weighted by Gasteiger charge is -2.11. The molecule has 2 aromatic rings. The van der Waals surface area contributed by atoms with Crippen LogP contribution in [0.2, 0.25) is 0 Å². The number of rotatable bonds is 7. The standard InChI is InChI=1S/C19H23N3O3/c1-3-20-18(23)13-25-17-10-6-9-16(11-17)22-19(24)21-12-15-8-5-4-7-14(15)2/h4-11H,3,12-13H2,1-2H3,(H,20,23)(H2,21,22,24). The molecule has 0 aliphatic rings. The minimum Gasteiger partial charge on any atom is -0.484 e. The van der Waals surface area contributed by atoms with E-state index in [1.54, 1.807) is 24.3 Å². The third kappa shape index (κ3) is 6.18. The summed E-state index contributed by atoms with van der Waals surface area (Å²) < 4.78 is 5.40.